The minimum Gasteiger partial charge on any atom is -0.454 e. The number of thiocarbonyl (C=S) groups is 1. The zero-order valence-corrected chi connectivity index (χ0v) is 16.4. The third kappa shape index (κ3) is 4.11. The van der Waals surface area contributed by atoms with Crippen molar-refractivity contribution in [2.24, 2.45) is 0 Å². The third-order valence-corrected chi connectivity index (χ3v) is 5.53. The van der Waals surface area contributed by atoms with Crippen LogP contribution in [-0.2, 0) is 13.1 Å². The van der Waals surface area contributed by atoms with Crippen LogP contribution < -0.4 is 19.7 Å². The number of rotatable bonds is 5. The maximum absolute atomic E-state index is 5.60. The second kappa shape index (κ2) is 8.05. The topological polar surface area (TPSA) is 37.0 Å². The standard InChI is InChI=1S/C21H25N3O2S/c1-23(14-17-6-2-3-7-18(17)24-10-4-5-11-24)21(27)22-13-16-8-9-19-20(12-16)26-15-25-19/h2-3,6-9,12H,4-5,10-11,13-15H2,1H3,(H,22,27). The van der Waals surface area contributed by atoms with Crippen LogP contribution in [0.2, 0.25) is 0 Å². The van der Waals surface area contributed by atoms with Gasteiger partial charge in [0.25, 0.3) is 0 Å². The Morgan fingerprint density at radius 2 is 1.89 bits per heavy atom. The lowest BCUT2D eigenvalue weighted by Crippen LogP contribution is -2.36. The van der Waals surface area contributed by atoms with Gasteiger partial charge in [-0.15, -0.1) is 0 Å². The first-order valence-corrected chi connectivity index (χ1v) is 9.82. The van der Waals surface area contributed by atoms with Crippen LogP contribution in [0.25, 0.3) is 0 Å². The summed E-state index contributed by atoms with van der Waals surface area (Å²) in [6.07, 6.45) is 2.55. The highest BCUT2D eigenvalue weighted by atomic mass is 32.1. The number of ether oxygens (including phenoxy) is 2. The zero-order chi connectivity index (χ0) is 18.6. The highest BCUT2D eigenvalue weighted by Gasteiger charge is 2.17. The number of hydrogen-bond donors (Lipinski definition) is 1. The highest BCUT2D eigenvalue weighted by molar-refractivity contribution is 7.80. The first kappa shape index (κ1) is 17.9. The van der Waals surface area contributed by atoms with Crippen molar-refractivity contribution in [3.05, 3.63) is 53.6 Å². The van der Waals surface area contributed by atoms with Crippen molar-refractivity contribution in [1.29, 1.82) is 0 Å². The van der Waals surface area contributed by atoms with E-state index < -0.39 is 0 Å². The Labute approximate surface area is 165 Å². The fraction of sp³-hybridized carbons (Fsp3) is 0.381. The molecule has 1 N–H and O–H groups in total. The molecule has 0 saturated carbocycles. The molecule has 0 radical (unpaired) electrons. The molecule has 0 atom stereocenters. The van der Waals surface area contributed by atoms with Crippen LogP contribution >= 0.6 is 12.2 Å². The molecule has 0 bridgehead atoms. The van der Waals surface area contributed by atoms with Crippen molar-refractivity contribution in [2.45, 2.75) is 25.9 Å². The maximum atomic E-state index is 5.60. The van der Waals surface area contributed by atoms with Gasteiger partial charge in [0, 0.05) is 38.9 Å². The Morgan fingerprint density at radius 1 is 1.11 bits per heavy atom. The van der Waals surface area contributed by atoms with Crippen molar-refractivity contribution in [1.82, 2.24) is 10.2 Å². The van der Waals surface area contributed by atoms with Gasteiger partial charge in [-0.25, -0.2) is 0 Å². The molecule has 1 fully saturated rings. The average molecular weight is 384 g/mol. The van der Waals surface area contributed by atoms with E-state index in [2.05, 4.69) is 39.4 Å². The van der Waals surface area contributed by atoms with Gasteiger partial charge in [0.2, 0.25) is 6.79 Å². The van der Waals surface area contributed by atoms with Crippen molar-refractivity contribution >= 4 is 23.0 Å². The molecule has 6 heteroatoms. The molecule has 142 valence electrons. The van der Waals surface area contributed by atoms with Crippen molar-refractivity contribution in [3.63, 3.8) is 0 Å². The summed E-state index contributed by atoms with van der Waals surface area (Å²) in [5.41, 5.74) is 3.77. The van der Waals surface area contributed by atoms with E-state index in [0.29, 0.717) is 13.3 Å². The molecular formula is C21H25N3O2S. The number of benzene rings is 2. The molecule has 1 saturated heterocycles. The Bertz CT molecular complexity index is 821. The van der Waals surface area contributed by atoms with E-state index in [-0.39, 0.29) is 0 Å². The van der Waals surface area contributed by atoms with Gasteiger partial charge >= 0.3 is 0 Å². The summed E-state index contributed by atoms with van der Waals surface area (Å²) in [6.45, 7) is 4.04. The van der Waals surface area contributed by atoms with E-state index in [4.69, 9.17) is 21.7 Å². The third-order valence-electron chi connectivity index (χ3n) is 5.07. The van der Waals surface area contributed by atoms with Gasteiger partial charge in [-0.2, -0.15) is 0 Å². The highest BCUT2D eigenvalue weighted by Crippen LogP contribution is 2.32. The van der Waals surface area contributed by atoms with E-state index in [1.165, 1.54) is 24.1 Å². The van der Waals surface area contributed by atoms with Crippen molar-refractivity contribution < 1.29 is 9.47 Å². The van der Waals surface area contributed by atoms with Gasteiger partial charge in [0.15, 0.2) is 16.6 Å². The van der Waals surface area contributed by atoms with Crippen LogP contribution in [0.15, 0.2) is 42.5 Å². The lowest BCUT2D eigenvalue weighted by molar-refractivity contribution is 0.174. The fourth-order valence-corrected chi connectivity index (χ4v) is 3.74. The minimum atomic E-state index is 0.295. The maximum Gasteiger partial charge on any atom is 0.231 e. The monoisotopic (exact) mass is 383 g/mol. The molecule has 4 rings (SSSR count). The number of anilines is 1. The van der Waals surface area contributed by atoms with E-state index in [1.54, 1.807) is 0 Å². The smallest absolute Gasteiger partial charge is 0.231 e. The average Bonchev–Trinajstić information content (AvgIpc) is 3.37. The van der Waals surface area contributed by atoms with Gasteiger partial charge < -0.3 is 24.6 Å². The van der Waals surface area contributed by atoms with Crippen LogP contribution in [0.1, 0.15) is 24.0 Å². The second-order valence-corrected chi connectivity index (χ2v) is 7.41. The Balaban J connectivity index is 1.36. The molecule has 0 aliphatic carbocycles. The number of nitrogens with one attached hydrogen (secondary N) is 1. The zero-order valence-electron chi connectivity index (χ0n) is 15.6. The Hall–Kier alpha value is -2.47. The van der Waals surface area contributed by atoms with Gasteiger partial charge in [0.05, 0.1) is 0 Å². The summed E-state index contributed by atoms with van der Waals surface area (Å²) in [4.78, 5) is 4.57. The van der Waals surface area contributed by atoms with Crippen LogP contribution in [-0.4, -0.2) is 36.9 Å². The largest absolute Gasteiger partial charge is 0.454 e. The predicted octanol–water partition coefficient (Wildman–Crippen LogP) is 3.52. The molecule has 2 aliphatic rings. The van der Waals surface area contributed by atoms with E-state index in [1.807, 2.05) is 25.2 Å². The van der Waals surface area contributed by atoms with Gasteiger partial charge in [0.1, 0.15) is 0 Å². The summed E-state index contributed by atoms with van der Waals surface area (Å²) in [7, 11) is 2.04. The molecule has 2 aromatic carbocycles. The number of nitrogens with zero attached hydrogens (tertiary/aromatic N) is 2. The quantitative estimate of drug-likeness (QED) is 0.797. The van der Waals surface area contributed by atoms with Crippen molar-refractivity contribution in [2.75, 3.05) is 31.8 Å². The normalized spacial score (nSPS) is 15.1. The minimum absolute atomic E-state index is 0.295. The van der Waals surface area contributed by atoms with Crippen LogP contribution in [0.5, 0.6) is 11.5 Å². The summed E-state index contributed by atoms with van der Waals surface area (Å²) in [6, 6.07) is 14.6. The van der Waals surface area contributed by atoms with E-state index in [9.17, 15) is 0 Å². The van der Waals surface area contributed by atoms with E-state index in [0.717, 1.165) is 41.8 Å². The first-order valence-electron chi connectivity index (χ1n) is 9.41. The predicted molar refractivity (Wildman–Crippen MR) is 111 cm³/mol. The van der Waals surface area contributed by atoms with Gasteiger partial charge in [-0.05, 0) is 54.4 Å². The summed E-state index contributed by atoms with van der Waals surface area (Å²) in [5.74, 6) is 1.60. The second-order valence-electron chi connectivity index (χ2n) is 7.03. The van der Waals surface area contributed by atoms with Crippen LogP contribution in [0.4, 0.5) is 5.69 Å². The molecule has 0 aromatic heterocycles. The van der Waals surface area contributed by atoms with Crippen LogP contribution in [0.3, 0.4) is 0 Å². The summed E-state index contributed by atoms with van der Waals surface area (Å²) >= 11 is 5.60. The van der Waals surface area contributed by atoms with Gasteiger partial charge in [-0.3, -0.25) is 0 Å². The lowest BCUT2D eigenvalue weighted by atomic mass is 10.1. The SMILES string of the molecule is CN(Cc1ccccc1N1CCCC1)C(=S)NCc1ccc2c(c1)OCO2. The summed E-state index contributed by atoms with van der Waals surface area (Å²) in [5, 5.41) is 4.09. The molecule has 0 amide bonds. The fourth-order valence-electron chi connectivity index (χ4n) is 3.60. The molecule has 2 aromatic rings. The van der Waals surface area contributed by atoms with Crippen LogP contribution in [0, 0.1) is 0 Å². The van der Waals surface area contributed by atoms with Gasteiger partial charge in [-0.1, -0.05) is 24.3 Å². The van der Waals surface area contributed by atoms with E-state index >= 15 is 0 Å². The molecule has 0 spiro atoms. The Kier molecular flexibility index (Phi) is 5.34. The Morgan fingerprint density at radius 3 is 2.74 bits per heavy atom. The number of para-hydroxylation sites is 1. The lowest BCUT2D eigenvalue weighted by Gasteiger charge is -2.26. The van der Waals surface area contributed by atoms with Crippen molar-refractivity contribution in [3.8, 4) is 11.5 Å². The molecule has 2 aliphatic heterocycles. The first-order chi connectivity index (χ1) is 13.2. The molecule has 0 unspecified atom stereocenters. The molecule has 2 heterocycles. The summed E-state index contributed by atoms with van der Waals surface area (Å²) < 4.78 is 10.8. The molecular weight excluding hydrogens is 358 g/mol. The number of fused-ring (bicyclic) bond motifs is 1. The number of hydrogen-bond acceptors (Lipinski definition) is 4. The molecule has 27 heavy (non-hydrogen) atoms. The molecule has 5 nitrogen and oxygen atoms in total.